The van der Waals surface area contributed by atoms with Crippen molar-refractivity contribution in [3.63, 3.8) is 0 Å². The second kappa shape index (κ2) is 8.25. The van der Waals surface area contributed by atoms with E-state index in [1.165, 1.54) is 6.07 Å². The standard InChI is InChI=1S/C22H22F3N5O2/c1-12(20(31)27-11-13-7-8-18(26-10-13)22(23,24)25)28-21(32)15-9-14(15)19-29-16-5-3-4-6-17(16)30(19)2/h3-8,10,12,14-15H,9,11H2,1-2H3,(H,27,31)(H,28,32). The van der Waals surface area contributed by atoms with Crippen LogP contribution in [0.3, 0.4) is 0 Å². The molecule has 4 rings (SSSR count). The molecule has 1 aromatic carbocycles. The lowest BCUT2D eigenvalue weighted by molar-refractivity contribution is -0.141. The summed E-state index contributed by atoms with van der Waals surface area (Å²) >= 11 is 0. The van der Waals surface area contributed by atoms with Gasteiger partial charge >= 0.3 is 6.18 Å². The molecule has 1 aliphatic carbocycles. The number of nitrogens with one attached hydrogen (secondary N) is 2. The molecular formula is C22H22F3N5O2. The third-order valence-electron chi connectivity index (χ3n) is 5.61. The Balaban J connectivity index is 1.29. The molecular weight excluding hydrogens is 423 g/mol. The maximum Gasteiger partial charge on any atom is 0.433 e. The highest BCUT2D eigenvalue weighted by molar-refractivity contribution is 5.90. The van der Waals surface area contributed by atoms with Crippen LogP contribution < -0.4 is 10.6 Å². The molecule has 1 saturated carbocycles. The lowest BCUT2D eigenvalue weighted by Gasteiger charge is -2.14. The zero-order valence-electron chi connectivity index (χ0n) is 17.5. The van der Waals surface area contributed by atoms with E-state index in [2.05, 4.69) is 20.6 Å². The Morgan fingerprint density at radius 1 is 1.22 bits per heavy atom. The zero-order chi connectivity index (χ0) is 23.0. The van der Waals surface area contributed by atoms with Gasteiger partial charge in [0.15, 0.2) is 0 Å². The maximum absolute atomic E-state index is 12.6. The van der Waals surface area contributed by atoms with E-state index in [-0.39, 0.29) is 24.3 Å². The number of imidazole rings is 1. The maximum atomic E-state index is 12.6. The molecule has 2 aromatic heterocycles. The van der Waals surface area contributed by atoms with Gasteiger partial charge in [-0.1, -0.05) is 18.2 Å². The van der Waals surface area contributed by atoms with Crippen LogP contribution in [0.25, 0.3) is 11.0 Å². The summed E-state index contributed by atoms with van der Waals surface area (Å²) in [6, 6.07) is 9.08. The van der Waals surface area contributed by atoms with Crippen molar-refractivity contribution in [2.24, 2.45) is 13.0 Å². The van der Waals surface area contributed by atoms with Crippen molar-refractivity contribution in [1.29, 1.82) is 0 Å². The third-order valence-corrected chi connectivity index (χ3v) is 5.61. The fraction of sp³-hybridized carbons (Fsp3) is 0.364. The van der Waals surface area contributed by atoms with Crippen molar-refractivity contribution in [3.8, 4) is 0 Å². The monoisotopic (exact) mass is 445 g/mol. The number of hydrogen-bond donors (Lipinski definition) is 2. The molecule has 0 aliphatic heterocycles. The van der Waals surface area contributed by atoms with Crippen molar-refractivity contribution < 1.29 is 22.8 Å². The SMILES string of the molecule is CC(NC(=O)C1CC1c1nc2ccccc2n1C)C(=O)NCc1ccc(C(F)(F)F)nc1. The molecule has 3 unspecified atom stereocenters. The first kappa shape index (κ1) is 21.8. The highest BCUT2D eigenvalue weighted by Gasteiger charge is 2.47. The summed E-state index contributed by atoms with van der Waals surface area (Å²) in [4.78, 5) is 32.9. The van der Waals surface area contributed by atoms with Gasteiger partial charge < -0.3 is 15.2 Å². The molecule has 1 fully saturated rings. The summed E-state index contributed by atoms with van der Waals surface area (Å²) in [5.74, 6) is -0.0573. The van der Waals surface area contributed by atoms with Gasteiger partial charge in [-0.15, -0.1) is 0 Å². The number of nitrogens with zero attached hydrogens (tertiary/aromatic N) is 3. The first-order valence-electron chi connectivity index (χ1n) is 10.2. The number of pyridine rings is 1. The van der Waals surface area contributed by atoms with Gasteiger partial charge in [-0.05, 0) is 37.1 Å². The van der Waals surface area contributed by atoms with Crippen LogP contribution in [0, 0.1) is 5.92 Å². The van der Waals surface area contributed by atoms with Gasteiger partial charge in [0.2, 0.25) is 11.8 Å². The van der Waals surface area contributed by atoms with Gasteiger partial charge in [0.25, 0.3) is 0 Å². The second-order valence-electron chi connectivity index (χ2n) is 7.96. The van der Waals surface area contributed by atoms with Gasteiger partial charge in [-0.25, -0.2) is 4.98 Å². The van der Waals surface area contributed by atoms with Crippen molar-refractivity contribution in [2.75, 3.05) is 0 Å². The molecule has 3 aromatic rings. The number of carbonyl (C=O) groups is 2. The van der Waals surface area contributed by atoms with Gasteiger partial charge in [-0.2, -0.15) is 13.2 Å². The predicted octanol–water partition coefficient (Wildman–Crippen LogP) is 2.91. The summed E-state index contributed by atoms with van der Waals surface area (Å²) in [6.45, 7) is 1.57. The number of hydrogen-bond acceptors (Lipinski definition) is 4. The van der Waals surface area contributed by atoms with Gasteiger partial charge in [0, 0.05) is 31.6 Å². The van der Waals surface area contributed by atoms with E-state index < -0.39 is 23.8 Å². The minimum Gasteiger partial charge on any atom is -0.350 e. The van der Waals surface area contributed by atoms with E-state index in [4.69, 9.17) is 0 Å². The number of fused-ring (bicyclic) bond motifs is 1. The average Bonchev–Trinajstić information content (AvgIpc) is 3.49. The lowest BCUT2D eigenvalue weighted by Crippen LogP contribution is -2.45. The first-order valence-corrected chi connectivity index (χ1v) is 10.2. The van der Waals surface area contributed by atoms with Crippen LogP contribution in [-0.2, 0) is 29.4 Å². The summed E-state index contributed by atoms with van der Waals surface area (Å²) in [6.07, 6.45) is -2.78. The quantitative estimate of drug-likeness (QED) is 0.611. The Kier molecular flexibility index (Phi) is 5.62. The van der Waals surface area contributed by atoms with Crippen LogP contribution in [0.5, 0.6) is 0 Å². The molecule has 2 heterocycles. The predicted molar refractivity (Wildman–Crippen MR) is 110 cm³/mol. The number of rotatable bonds is 6. The highest BCUT2D eigenvalue weighted by Crippen LogP contribution is 2.47. The highest BCUT2D eigenvalue weighted by atomic mass is 19.4. The number of para-hydroxylation sites is 2. The Bertz CT molecular complexity index is 1160. The number of benzene rings is 1. The molecule has 1 aliphatic rings. The minimum absolute atomic E-state index is 0.000817. The molecule has 10 heteroatoms. The number of carbonyl (C=O) groups excluding carboxylic acids is 2. The van der Waals surface area contributed by atoms with Crippen LogP contribution in [0.2, 0.25) is 0 Å². The molecule has 7 nitrogen and oxygen atoms in total. The van der Waals surface area contributed by atoms with Crippen molar-refractivity contribution in [2.45, 2.75) is 38.0 Å². The van der Waals surface area contributed by atoms with E-state index in [1.807, 2.05) is 35.9 Å². The third kappa shape index (κ3) is 4.44. The zero-order valence-corrected chi connectivity index (χ0v) is 17.5. The lowest BCUT2D eigenvalue weighted by atomic mass is 10.2. The number of amides is 2. The Morgan fingerprint density at radius 2 is 1.97 bits per heavy atom. The number of alkyl halides is 3. The Hall–Kier alpha value is -3.43. The van der Waals surface area contributed by atoms with Crippen LogP contribution in [0.15, 0.2) is 42.6 Å². The van der Waals surface area contributed by atoms with Crippen LogP contribution in [0.4, 0.5) is 13.2 Å². The number of aromatic nitrogens is 3. The Labute approximate surface area is 182 Å². The molecule has 0 bridgehead atoms. The van der Waals surface area contributed by atoms with Gasteiger partial charge in [0.1, 0.15) is 17.6 Å². The van der Waals surface area contributed by atoms with E-state index in [0.717, 1.165) is 29.1 Å². The fourth-order valence-corrected chi connectivity index (χ4v) is 3.69. The van der Waals surface area contributed by atoms with E-state index in [1.54, 1.807) is 6.92 Å². The minimum atomic E-state index is -4.51. The molecule has 32 heavy (non-hydrogen) atoms. The van der Waals surface area contributed by atoms with Crippen LogP contribution >= 0.6 is 0 Å². The molecule has 0 spiro atoms. The smallest absolute Gasteiger partial charge is 0.350 e. The summed E-state index contributed by atoms with van der Waals surface area (Å²) < 4.78 is 39.7. The topological polar surface area (TPSA) is 88.9 Å². The van der Waals surface area contributed by atoms with Crippen LogP contribution in [0.1, 0.15) is 36.3 Å². The number of halogens is 3. The van der Waals surface area contributed by atoms with Crippen molar-refractivity contribution in [3.05, 3.63) is 59.7 Å². The van der Waals surface area contributed by atoms with Gasteiger partial charge in [-0.3, -0.25) is 14.6 Å². The first-order chi connectivity index (χ1) is 15.1. The van der Waals surface area contributed by atoms with E-state index in [0.29, 0.717) is 12.0 Å². The summed E-state index contributed by atoms with van der Waals surface area (Å²) in [7, 11) is 1.92. The fourth-order valence-electron chi connectivity index (χ4n) is 3.69. The average molecular weight is 445 g/mol. The molecule has 0 radical (unpaired) electrons. The summed E-state index contributed by atoms with van der Waals surface area (Å²) in [5, 5.41) is 5.31. The van der Waals surface area contributed by atoms with Gasteiger partial charge in [0.05, 0.1) is 11.0 Å². The van der Waals surface area contributed by atoms with E-state index in [9.17, 15) is 22.8 Å². The molecule has 2 N–H and O–H groups in total. The summed E-state index contributed by atoms with van der Waals surface area (Å²) in [5.41, 5.74) is 1.31. The van der Waals surface area contributed by atoms with Crippen molar-refractivity contribution in [1.82, 2.24) is 25.2 Å². The molecule has 168 valence electrons. The Morgan fingerprint density at radius 3 is 2.62 bits per heavy atom. The van der Waals surface area contributed by atoms with E-state index >= 15 is 0 Å². The number of aryl methyl sites for hydroxylation is 1. The molecule has 2 amide bonds. The normalized spacial score (nSPS) is 18.9. The second-order valence-corrected chi connectivity index (χ2v) is 7.96. The molecule has 3 atom stereocenters. The van der Waals surface area contributed by atoms with Crippen molar-refractivity contribution >= 4 is 22.8 Å². The van der Waals surface area contributed by atoms with Crippen LogP contribution in [-0.4, -0.2) is 32.4 Å². The largest absolute Gasteiger partial charge is 0.433 e. The molecule has 0 saturated heterocycles.